The molecule has 3 nitrogen and oxygen atoms in total. The van der Waals surface area contributed by atoms with E-state index >= 15 is 0 Å². The van der Waals surface area contributed by atoms with Crippen LogP contribution in [0.2, 0.25) is 0 Å². The molecule has 2 rings (SSSR count). The van der Waals surface area contributed by atoms with Crippen molar-refractivity contribution < 1.29 is 8.42 Å². The van der Waals surface area contributed by atoms with Crippen molar-refractivity contribution in [2.24, 2.45) is 0 Å². The summed E-state index contributed by atoms with van der Waals surface area (Å²) in [4.78, 5) is 4.09. The van der Waals surface area contributed by atoms with Crippen LogP contribution in [0.3, 0.4) is 0 Å². The number of aryl methyl sites for hydroxylation is 2. The predicted molar refractivity (Wildman–Crippen MR) is 50.2 cm³/mol. The summed E-state index contributed by atoms with van der Waals surface area (Å²) in [6.45, 7) is 1.86. The average molecular weight is 197 g/mol. The number of hydrogen-bond acceptors (Lipinski definition) is 3. The van der Waals surface area contributed by atoms with Gasteiger partial charge in [0, 0.05) is 11.9 Å². The summed E-state index contributed by atoms with van der Waals surface area (Å²) in [6.07, 6.45) is 2.38. The van der Waals surface area contributed by atoms with Crippen LogP contribution in [0, 0.1) is 6.92 Å². The molecule has 0 aromatic carbocycles. The van der Waals surface area contributed by atoms with Crippen molar-refractivity contribution >= 4 is 9.84 Å². The summed E-state index contributed by atoms with van der Waals surface area (Å²) in [7, 11) is -2.86. The maximum absolute atomic E-state index is 11.3. The monoisotopic (exact) mass is 197 g/mol. The summed E-state index contributed by atoms with van der Waals surface area (Å²) in [5.41, 5.74) is 2.90. The highest BCUT2D eigenvalue weighted by atomic mass is 32.2. The first-order valence-corrected chi connectivity index (χ1v) is 6.04. The lowest BCUT2D eigenvalue weighted by molar-refractivity contribution is 0.591. The normalized spacial score (nSPS) is 19.5. The zero-order chi connectivity index (χ0) is 9.47. The van der Waals surface area contributed by atoms with Gasteiger partial charge in [0.1, 0.15) is 0 Å². The molecule has 0 aliphatic carbocycles. The summed E-state index contributed by atoms with van der Waals surface area (Å²) >= 11 is 0. The van der Waals surface area contributed by atoms with Crippen LogP contribution in [0.1, 0.15) is 16.8 Å². The molecule has 0 radical (unpaired) electrons. The second kappa shape index (κ2) is 2.80. The molecule has 4 heteroatoms. The maximum Gasteiger partial charge on any atom is 0.154 e. The molecule has 0 fully saturated rings. The largest absolute Gasteiger partial charge is 0.261 e. The predicted octanol–water partition coefficient (Wildman–Crippen LogP) is 0.861. The van der Waals surface area contributed by atoms with Crippen molar-refractivity contribution in [3.8, 4) is 0 Å². The van der Waals surface area contributed by atoms with E-state index in [0.29, 0.717) is 6.42 Å². The maximum atomic E-state index is 11.3. The van der Waals surface area contributed by atoms with Crippen LogP contribution in [0.5, 0.6) is 0 Å². The van der Waals surface area contributed by atoms with Gasteiger partial charge in [-0.05, 0) is 30.5 Å². The molecule has 0 spiro atoms. The Morgan fingerprint density at radius 1 is 1.46 bits per heavy atom. The lowest BCUT2D eigenvalue weighted by Gasteiger charge is -2.17. The number of hydrogen-bond donors (Lipinski definition) is 0. The van der Waals surface area contributed by atoms with Crippen LogP contribution in [-0.2, 0) is 22.0 Å². The lowest BCUT2D eigenvalue weighted by Crippen LogP contribution is -2.20. The first kappa shape index (κ1) is 8.69. The quantitative estimate of drug-likeness (QED) is 0.619. The number of rotatable bonds is 0. The second-order valence-corrected chi connectivity index (χ2v) is 5.56. The highest BCUT2D eigenvalue weighted by Gasteiger charge is 2.22. The van der Waals surface area contributed by atoms with Crippen molar-refractivity contribution in [2.75, 3.05) is 5.75 Å². The van der Waals surface area contributed by atoms with Crippen molar-refractivity contribution in [3.63, 3.8) is 0 Å². The molecule has 13 heavy (non-hydrogen) atoms. The summed E-state index contributed by atoms with van der Waals surface area (Å²) < 4.78 is 22.7. The fourth-order valence-corrected chi connectivity index (χ4v) is 3.15. The molecule has 1 aliphatic rings. The molecule has 1 aliphatic heterocycles. The minimum absolute atomic E-state index is 0.169. The SMILES string of the molecule is Cc1nccc2c1CS(=O)(=O)CC2. The van der Waals surface area contributed by atoms with Crippen molar-refractivity contribution in [1.29, 1.82) is 0 Å². The Labute approximate surface area is 77.7 Å². The average Bonchev–Trinajstić information content (AvgIpc) is 2.06. The van der Waals surface area contributed by atoms with E-state index in [1.807, 2.05) is 13.0 Å². The van der Waals surface area contributed by atoms with Gasteiger partial charge in [-0.2, -0.15) is 0 Å². The first-order chi connectivity index (χ1) is 6.08. The second-order valence-electron chi connectivity index (χ2n) is 3.38. The minimum Gasteiger partial charge on any atom is -0.261 e. The van der Waals surface area contributed by atoms with E-state index < -0.39 is 9.84 Å². The molecule has 0 amide bonds. The van der Waals surface area contributed by atoms with E-state index in [0.717, 1.165) is 16.8 Å². The Morgan fingerprint density at radius 2 is 2.23 bits per heavy atom. The fraction of sp³-hybridized carbons (Fsp3) is 0.444. The Balaban J connectivity index is 2.56. The van der Waals surface area contributed by atoms with Gasteiger partial charge in [0.2, 0.25) is 0 Å². The molecule has 0 saturated heterocycles. The third-order valence-corrected chi connectivity index (χ3v) is 3.97. The number of nitrogens with zero attached hydrogens (tertiary/aromatic N) is 1. The summed E-state index contributed by atoms with van der Waals surface area (Å²) in [6, 6.07) is 1.91. The number of pyridine rings is 1. The van der Waals surface area contributed by atoms with E-state index in [-0.39, 0.29) is 11.5 Å². The number of sulfone groups is 1. The Kier molecular flexibility index (Phi) is 1.87. The van der Waals surface area contributed by atoms with Crippen LogP contribution in [-0.4, -0.2) is 19.2 Å². The highest BCUT2D eigenvalue weighted by molar-refractivity contribution is 7.90. The van der Waals surface area contributed by atoms with Gasteiger partial charge >= 0.3 is 0 Å². The summed E-state index contributed by atoms with van der Waals surface area (Å²) in [5, 5.41) is 0. The Morgan fingerprint density at radius 3 is 3.00 bits per heavy atom. The Bertz CT molecular complexity index is 437. The first-order valence-electron chi connectivity index (χ1n) is 4.22. The molecule has 0 saturated carbocycles. The van der Waals surface area contributed by atoms with Gasteiger partial charge in [-0.15, -0.1) is 0 Å². The van der Waals surface area contributed by atoms with Gasteiger partial charge in [-0.3, -0.25) is 4.98 Å². The molecular formula is C9H11NO2S. The van der Waals surface area contributed by atoms with Crippen LogP contribution >= 0.6 is 0 Å². The van der Waals surface area contributed by atoms with E-state index in [4.69, 9.17) is 0 Å². The molecule has 0 unspecified atom stereocenters. The van der Waals surface area contributed by atoms with Gasteiger partial charge in [-0.1, -0.05) is 0 Å². The van der Waals surface area contributed by atoms with E-state index in [1.54, 1.807) is 6.20 Å². The molecule has 1 aromatic heterocycles. The molecule has 0 bridgehead atoms. The molecular weight excluding hydrogens is 186 g/mol. The van der Waals surface area contributed by atoms with Gasteiger partial charge in [0.05, 0.1) is 11.5 Å². The zero-order valence-electron chi connectivity index (χ0n) is 7.45. The van der Waals surface area contributed by atoms with Crippen LogP contribution in [0.15, 0.2) is 12.3 Å². The van der Waals surface area contributed by atoms with E-state index in [1.165, 1.54) is 0 Å². The van der Waals surface area contributed by atoms with Crippen molar-refractivity contribution in [1.82, 2.24) is 4.98 Å². The smallest absolute Gasteiger partial charge is 0.154 e. The van der Waals surface area contributed by atoms with Gasteiger partial charge in [-0.25, -0.2) is 8.42 Å². The minimum atomic E-state index is -2.86. The van der Waals surface area contributed by atoms with Crippen molar-refractivity contribution in [3.05, 3.63) is 29.1 Å². The molecule has 2 heterocycles. The van der Waals surface area contributed by atoms with Crippen molar-refractivity contribution in [2.45, 2.75) is 19.1 Å². The van der Waals surface area contributed by atoms with Crippen LogP contribution in [0.25, 0.3) is 0 Å². The number of fused-ring (bicyclic) bond motifs is 1. The van der Waals surface area contributed by atoms with Gasteiger partial charge in [0.25, 0.3) is 0 Å². The standard InChI is InChI=1S/C9H11NO2S/c1-7-9-6-13(11,12)5-3-8(9)2-4-10-7/h2,4H,3,5-6H2,1H3. The zero-order valence-corrected chi connectivity index (χ0v) is 8.26. The molecule has 0 N–H and O–H groups in total. The lowest BCUT2D eigenvalue weighted by atomic mass is 10.1. The fourth-order valence-electron chi connectivity index (χ4n) is 1.64. The topological polar surface area (TPSA) is 47.0 Å². The van der Waals surface area contributed by atoms with E-state index in [9.17, 15) is 8.42 Å². The molecule has 1 aromatic rings. The summed E-state index contributed by atoms with van der Waals surface area (Å²) in [5.74, 6) is 0.450. The van der Waals surface area contributed by atoms with Crippen LogP contribution in [0.4, 0.5) is 0 Å². The van der Waals surface area contributed by atoms with Gasteiger partial charge in [0.15, 0.2) is 9.84 Å². The third kappa shape index (κ3) is 1.58. The van der Waals surface area contributed by atoms with Crippen LogP contribution < -0.4 is 0 Å². The highest BCUT2D eigenvalue weighted by Crippen LogP contribution is 2.21. The van der Waals surface area contributed by atoms with Gasteiger partial charge < -0.3 is 0 Å². The molecule has 0 atom stereocenters. The molecule has 70 valence electrons. The third-order valence-electron chi connectivity index (χ3n) is 2.41. The number of aromatic nitrogens is 1. The Hall–Kier alpha value is -0.900. The van der Waals surface area contributed by atoms with E-state index in [2.05, 4.69) is 4.98 Å².